The number of nitro benzene ring substituents is 1. The van der Waals surface area contributed by atoms with E-state index in [2.05, 4.69) is 15.9 Å². The molecule has 2 aromatic rings. The zero-order valence-corrected chi connectivity index (χ0v) is 16.6. The molecule has 0 aliphatic carbocycles. The second-order valence-corrected chi connectivity index (χ2v) is 7.12. The number of pyridine rings is 1. The highest BCUT2D eigenvalue weighted by Crippen LogP contribution is 2.43. The minimum atomic E-state index is -0.795. The van der Waals surface area contributed by atoms with Gasteiger partial charge in [-0.05, 0) is 44.6 Å². The van der Waals surface area contributed by atoms with E-state index in [1.807, 2.05) is 5.32 Å². The van der Waals surface area contributed by atoms with Crippen molar-refractivity contribution in [2.24, 2.45) is 0 Å². The predicted molar refractivity (Wildman–Crippen MR) is 102 cm³/mol. The maximum Gasteiger partial charge on any atom is 0.337 e. The Morgan fingerprint density at radius 1 is 1.31 bits per heavy atom. The molecular weight excluding hydrogens is 527 g/mol. The summed E-state index contributed by atoms with van der Waals surface area (Å²) in [4.78, 5) is 47.2. The Morgan fingerprint density at radius 2 is 1.96 bits per heavy atom. The Kier molecular flexibility index (Phi) is 4.47. The van der Waals surface area contributed by atoms with E-state index in [4.69, 9.17) is 10.5 Å². The average Bonchev–Trinajstić information content (AvgIpc) is 2.82. The molecule has 0 spiro atoms. The molecule has 1 aromatic carbocycles. The molecule has 0 radical (unpaired) electrons. The Balaban J connectivity index is 2.49. The first kappa shape index (κ1) is 18.3. The molecule has 3 N–H and O–H groups in total. The van der Waals surface area contributed by atoms with Gasteiger partial charge in [0.15, 0.2) is 0 Å². The Bertz CT molecular complexity index is 1080. The van der Waals surface area contributed by atoms with Gasteiger partial charge in [0.25, 0.3) is 17.4 Å². The van der Waals surface area contributed by atoms with Crippen LogP contribution in [0.2, 0.25) is 0 Å². The number of nitrogen functional groups attached to an aromatic ring is 1. The van der Waals surface area contributed by atoms with Crippen LogP contribution in [0.25, 0.3) is 5.69 Å². The Labute approximate surface area is 166 Å². The van der Waals surface area contributed by atoms with Crippen molar-refractivity contribution >= 4 is 61.8 Å². The lowest BCUT2D eigenvalue weighted by atomic mass is 10.1. The van der Waals surface area contributed by atoms with Crippen molar-refractivity contribution in [1.29, 1.82) is 0 Å². The van der Waals surface area contributed by atoms with Gasteiger partial charge in [0, 0.05) is 9.64 Å². The number of halogens is 2. The van der Waals surface area contributed by atoms with Gasteiger partial charge in [0.2, 0.25) is 5.75 Å². The van der Waals surface area contributed by atoms with Crippen molar-refractivity contribution in [2.75, 3.05) is 12.8 Å². The summed E-state index contributed by atoms with van der Waals surface area (Å²) >= 11 is 4.98. The molecule has 2 heterocycles. The SMILES string of the molecule is COc1c(Br)cc(I)c(-n2c(N)c3c(cc2=O)C(=O)NC3=O)c1[N+](=O)[O-]. The van der Waals surface area contributed by atoms with Crippen LogP contribution in [0.5, 0.6) is 5.75 Å². The number of carbonyl (C=O) groups is 2. The van der Waals surface area contributed by atoms with Gasteiger partial charge in [-0.3, -0.25) is 34.4 Å². The van der Waals surface area contributed by atoms with Gasteiger partial charge < -0.3 is 10.5 Å². The number of nitrogens with two attached hydrogens (primary N) is 1. The van der Waals surface area contributed by atoms with E-state index in [1.54, 1.807) is 22.6 Å². The lowest BCUT2D eigenvalue weighted by Gasteiger charge is -2.16. The number of fused-ring (bicyclic) bond motifs is 1. The van der Waals surface area contributed by atoms with Crippen LogP contribution in [0.1, 0.15) is 20.7 Å². The van der Waals surface area contributed by atoms with Crippen LogP contribution in [0.15, 0.2) is 21.4 Å². The van der Waals surface area contributed by atoms with Crippen molar-refractivity contribution in [2.45, 2.75) is 0 Å². The van der Waals surface area contributed by atoms with Crippen LogP contribution < -0.4 is 21.3 Å². The number of anilines is 1. The quantitative estimate of drug-likeness (QED) is 0.263. The molecule has 0 saturated carbocycles. The molecule has 12 heteroatoms. The number of nitro groups is 1. The largest absolute Gasteiger partial charge is 0.489 e. The van der Waals surface area contributed by atoms with Gasteiger partial charge in [-0.25, -0.2) is 0 Å². The van der Waals surface area contributed by atoms with Crippen LogP contribution in [0, 0.1) is 13.7 Å². The summed E-state index contributed by atoms with van der Waals surface area (Å²) in [5.74, 6) is -2.02. The molecule has 1 aliphatic heterocycles. The molecule has 134 valence electrons. The van der Waals surface area contributed by atoms with Crippen molar-refractivity contribution < 1.29 is 19.2 Å². The summed E-state index contributed by atoms with van der Waals surface area (Å²) in [6.07, 6.45) is 0. The molecular formula is C14H8BrIN4O6. The fourth-order valence-electron chi connectivity index (χ4n) is 2.67. The molecule has 0 saturated heterocycles. The lowest BCUT2D eigenvalue weighted by Crippen LogP contribution is -2.25. The minimum absolute atomic E-state index is 0.113. The van der Waals surface area contributed by atoms with Crippen LogP contribution in [-0.4, -0.2) is 28.4 Å². The first-order valence-electron chi connectivity index (χ1n) is 6.81. The molecule has 0 fully saturated rings. The second kappa shape index (κ2) is 6.35. The summed E-state index contributed by atoms with van der Waals surface area (Å²) in [5.41, 5.74) is 4.12. The number of hydrogen-bond donors (Lipinski definition) is 2. The number of benzene rings is 1. The zero-order valence-electron chi connectivity index (χ0n) is 12.8. The Morgan fingerprint density at radius 3 is 2.54 bits per heavy atom. The van der Waals surface area contributed by atoms with Crippen LogP contribution in [0.3, 0.4) is 0 Å². The number of imide groups is 1. The molecule has 0 bridgehead atoms. The number of nitrogens with one attached hydrogen (secondary N) is 1. The first-order chi connectivity index (χ1) is 12.2. The van der Waals surface area contributed by atoms with E-state index in [0.717, 1.165) is 10.6 Å². The van der Waals surface area contributed by atoms with Crippen molar-refractivity contribution in [3.05, 3.63) is 51.8 Å². The first-order valence-corrected chi connectivity index (χ1v) is 8.68. The molecule has 1 aromatic heterocycles. The normalized spacial score (nSPS) is 12.7. The smallest absolute Gasteiger partial charge is 0.337 e. The molecule has 0 atom stereocenters. The average molecular weight is 535 g/mol. The fraction of sp³-hybridized carbons (Fsp3) is 0.0714. The maximum absolute atomic E-state index is 12.6. The molecule has 26 heavy (non-hydrogen) atoms. The third-order valence-corrected chi connectivity index (χ3v) is 5.11. The summed E-state index contributed by atoms with van der Waals surface area (Å²) in [7, 11) is 1.24. The number of methoxy groups -OCH3 is 1. The predicted octanol–water partition coefficient (Wildman–Crippen LogP) is 1.59. The number of rotatable bonds is 3. The molecule has 10 nitrogen and oxygen atoms in total. The highest BCUT2D eigenvalue weighted by Gasteiger charge is 2.35. The highest BCUT2D eigenvalue weighted by atomic mass is 127. The van der Waals surface area contributed by atoms with Gasteiger partial charge in [-0.1, -0.05) is 0 Å². The van der Waals surface area contributed by atoms with Crippen molar-refractivity contribution in [3.63, 3.8) is 0 Å². The van der Waals surface area contributed by atoms with E-state index in [-0.39, 0.29) is 28.4 Å². The number of hydrogen-bond acceptors (Lipinski definition) is 7. The van der Waals surface area contributed by atoms with E-state index in [9.17, 15) is 24.5 Å². The van der Waals surface area contributed by atoms with E-state index in [1.165, 1.54) is 13.2 Å². The number of carbonyl (C=O) groups excluding carboxylic acids is 2. The molecule has 2 amide bonds. The van der Waals surface area contributed by atoms with Crippen molar-refractivity contribution in [1.82, 2.24) is 9.88 Å². The number of nitrogens with zero attached hydrogens (tertiary/aromatic N) is 2. The lowest BCUT2D eigenvalue weighted by molar-refractivity contribution is -0.385. The summed E-state index contributed by atoms with van der Waals surface area (Å²) in [5, 5.41) is 13.7. The van der Waals surface area contributed by atoms with Gasteiger partial charge >= 0.3 is 5.69 Å². The third-order valence-electron chi connectivity index (χ3n) is 3.70. The number of aromatic nitrogens is 1. The topological polar surface area (TPSA) is 147 Å². The van der Waals surface area contributed by atoms with E-state index < -0.39 is 28.0 Å². The number of ether oxygens (including phenoxy) is 1. The fourth-order valence-corrected chi connectivity index (χ4v) is 4.48. The van der Waals surface area contributed by atoms with Gasteiger partial charge in [0.1, 0.15) is 11.5 Å². The molecule has 0 unspecified atom stereocenters. The highest BCUT2D eigenvalue weighted by molar-refractivity contribution is 14.1. The summed E-state index contributed by atoms with van der Waals surface area (Å²) < 4.78 is 6.52. The third kappa shape index (κ3) is 2.56. The second-order valence-electron chi connectivity index (χ2n) is 5.10. The monoisotopic (exact) mass is 534 g/mol. The van der Waals surface area contributed by atoms with Crippen LogP contribution in [-0.2, 0) is 0 Å². The zero-order chi connectivity index (χ0) is 19.3. The van der Waals surface area contributed by atoms with Crippen LogP contribution in [0.4, 0.5) is 11.5 Å². The molecule has 3 rings (SSSR count). The maximum atomic E-state index is 12.6. The van der Waals surface area contributed by atoms with E-state index in [0.29, 0.717) is 8.04 Å². The minimum Gasteiger partial charge on any atom is -0.489 e. The van der Waals surface area contributed by atoms with Crippen molar-refractivity contribution in [3.8, 4) is 11.4 Å². The van der Waals surface area contributed by atoms with Crippen LogP contribution >= 0.6 is 38.5 Å². The molecule has 1 aliphatic rings. The van der Waals surface area contributed by atoms with E-state index >= 15 is 0 Å². The Hall–Kier alpha value is -2.48. The summed E-state index contributed by atoms with van der Waals surface area (Å²) in [6, 6.07) is 2.42. The standard InChI is InChI=1S/C14H8BrIN4O6/c1-26-11-5(15)3-6(16)9(10(11)20(24)25)19-7(21)2-4-8(12(19)17)14(23)18-13(4)22/h2-3H,17H2,1H3,(H,18,22,23). The van der Waals surface area contributed by atoms with Gasteiger partial charge in [-0.15, -0.1) is 0 Å². The summed E-state index contributed by atoms with van der Waals surface area (Å²) in [6.45, 7) is 0. The van der Waals surface area contributed by atoms with Gasteiger partial charge in [-0.2, -0.15) is 0 Å². The van der Waals surface area contributed by atoms with Gasteiger partial charge in [0.05, 0.1) is 27.6 Å². The number of amides is 2.